The Morgan fingerprint density at radius 2 is 2.05 bits per heavy atom. The molecular formula is C16H24N2O. The summed E-state index contributed by atoms with van der Waals surface area (Å²) in [5.74, 6) is 1.71. The molecule has 1 N–H and O–H groups in total. The van der Waals surface area contributed by atoms with Gasteiger partial charge in [0.2, 0.25) is 0 Å². The molecule has 1 saturated carbocycles. The van der Waals surface area contributed by atoms with Crippen LogP contribution in [0.4, 0.5) is 0 Å². The molecular weight excluding hydrogens is 236 g/mol. The average molecular weight is 260 g/mol. The minimum absolute atomic E-state index is 0.718. The van der Waals surface area contributed by atoms with E-state index in [1.807, 2.05) is 6.07 Å². The molecule has 0 radical (unpaired) electrons. The lowest BCUT2D eigenvalue weighted by atomic mass is 9.97. The first-order chi connectivity index (χ1) is 9.36. The number of hydrogen-bond donors (Lipinski definition) is 1. The predicted molar refractivity (Wildman–Crippen MR) is 77.8 cm³/mol. The zero-order chi connectivity index (χ0) is 13.1. The lowest BCUT2D eigenvalue weighted by Gasteiger charge is -2.32. The Morgan fingerprint density at radius 3 is 2.84 bits per heavy atom. The Morgan fingerprint density at radius 1 is 1.21 bits per heavy atom. The summed E-state index contributed by atoms with van der Waals surface area (Å²) in [4.78, 5) is 2.68. The molecule has 1 aromatic rings. The molecule has 1 heterocycles. The Labute approximate surface area is 115 Å². The van der Waals surface area contributed by atoms with Crippen LogP contribution in [0.1, 0.15) is 30.7 Å². The number of nitrogens with zero attached hydrogens (tertiary/aromatic N) is 1. The molecule has 2 aliphatic rings. The molecule has 1 aliphatic heterocycles. The lowest BCUT2D eigenvalue weighted by Crippen LogP contribution is -2.47. The summed E-state index contributed by atoms with van der Waals surface area (Å²) in [7, 11) is 1.75. The summed E-state index contributed by atoms with van der Waals surface area (Å²) in [6, 6.07) is 9.41. The summed E-state index contributed by atoms with van der Waals surface area (Å²) in [6.45, 7) is 4.74. The third-order valence-electron chi connectivity index (χ3n) is 4.64. The number of nitrogens with one attached hydrogen (secondary N) is 1. The van der Waals surface area contributed by atoms with Crippen LogP contribution in [0.5, 0.6) is 5.75 Å². The van der Waals surface area contributed by atoms with Crippen LogP contribution in [0.25, 0.3) is 0 Å². The fourth-order valence-corrected chi connectivity index (χ4v) is 3.53. The van der Waals surface area contributed by atoms with Crippen molar-refractivity contribution in [3.8, 4) is 5.75 Å². The largest absolute Gasteiger partial charge is 0.497 e. The second-order valence-electron chi connectivity index (χ2n) is 5.73. The van der Waals surface area contributed by atoms with Crippen molar-refractivity contribution >= 4 is 0 Å². The predicted octanol–water partition coefficient (Wildman–Crippen LogP) is 2.24. The minimum Gasteiger partial charge on any atom is -0.497 e. The topological polar surface area (TPSA) is 24.5 Å². The smallest absolute Gasteiger partial charge is 0.119 e. The van der Waals surface area contributed by atoms with Crippen molar-refractivity contribution in [2.45, 2.75) is 31.2 Å². The highest BCUT2D eigenvalue weighted by Gasteiger charge is 2.30. The molecule has 0 aromatic heterocycles. The number of ether oxygens (including phenoxy) is 1. The van der Waals surface area contributed by atoms with Crippen molar-refractivity contribution in [3.05, 3.63) is 29.8 Å². The highest BCUT2D eigenvalue weighted by Crippen LogP contribution is 2.37. The van der Waals surface area contributed by atoms with Gasteiger partial charge in [-0.25, -0.2) is 0 Å². The van der Waals surface area contributed by atoms with E-state index in [1.54, 1.807) is 7.11 Å². The van der Waals surface area contributed by atoms with Gasteiger partial charge in [-0.15, -0.1) is 0 Å². The lowest BCUT2D eigenvalue weighted by molar-refractivity contribution is 0.174. The van der Waals surface area contributed by atoms with Crippen LogP contribution < -0.4 is 10.1 Å². The van der Waals surface area contributed by atoms with Gasteiger partial charge in [-0.05, 0) is 42.9 Å². The second kappa shape index (κ2) is 5.93. The quantitative estimate of drug-likeness (QED) is 0.902. The van der Waals surface area contributed by atoms with E-state index in [0.29, 0.717) is 0 Å². The van der Waals surface area contributed by atoms with Gasteiger partial charge in [0.05, 0.1) is 7.11 Å². The zero-order valence-corrected chi connectivity index (χ0v) is 11.8. The van der Waals surface area contributed by atoms with Crippen molar-refractivity contribution in [3.63, 3.8) is 0 Å². The Kier molecular flexibility index (Phi) is 4.04. The third-order valence-corrected chi connectivity index (χ3v) is 4.64. The molecule has 1 aliphatic carbocycles. The Balaban J connectivity index is 1.64. The number of methoxy groups -OCH3 is 1. The van der Waals surface area contributed by atoms with Crippen molar-refractivity contribution in [1.82, 2.24) is 10.2 Å². The molecule has 3 heteroatoms. The maximum absolute atomic E-state index is 5.34. The first kappa shape index (κ1) is 12.9. The van der Waals surface area contributed by atoms with Crippen molar-refractivity contribution < 1.29 is 4.74 Å². The van der Waals surface area contributed by atoms with E-state index in [-0.39, 0.29) is 0 Å². The van der Waals surface area contributed by atoms with Crippen LogP contribution in [0.3, 0.4) is 0 Å². The van der Waals surface area contributed by atoms with Gasteiger partial charge in [-0.3, -0.25) is 4.90 Å². The maximum atomic E-state index is 5.34. The first-order valence-corrected chi connectivity index (χ1v) is 7.45. The molecule has 1 aromatic carbocycles. The van der Waals surface area contributed by atoms with Crippen LogP contribution in [-0.2, 0) is 0 Å². The van der Waals surface area contributed by atoms with E-state index in [2.05, 4.69) is 28.4 Å². The van der Waals surface area contributed by atoms with Gasteiger partial charge in [0.1, 0.15) is 5.75 Å². The van der Waals surface area contributed by atoms with Gasteiger partial charge >= 0.3 is 0 Å². The summed E-state index contributed by atoms with van der Waals surface area (Å²) < 4.78 is 5.34. The molecule has 2 atom stereocenters. The van der Waals surface area contributed by atoms with Gasteiger partial charge < -0.3 is 10.1 Å². The minimum atomic E-state index is 0.718. The molecule has 0 bridgehead atoms. The first-order valence-electron chi connectivity index (χ1n) is 7.45. The van der Waals surface area contributed by atoms with Gasteiger partial charge in [0.15, 0.2) is 0 Å². The molecule has 2 fully saturated rings. The van der Waals surface area contributed by atoms with Gasteiger partial charge in [-0.1, -0.05) is 12.1 Å². The van der Waals surface area contributed by atoms with Gasteiger partial charge in [0, 0.05) is 32.2 Å². The zero-order valence-electron chi connectivity index (χ0n) is 11.8. The number of benzene rings is 1. The maximum Gasteiger partial charge on any atom is 0.119 e. The molecule has 2 unspecified atom stereocenters. The number of rotatable bonds is 3. The van der Waals surface area contributed by atoms with Crippen LogP contribution in [0, 0.1) is 0 Å². The molecule has 1 saturated heterocycles. The molecule has 104 valence electrons. The number of hydrogen-bond acceptors (Lipinski definition) is 3. The third kappa shape index (κ3) is 2.93. The standard InChI is InChI=1S/C16H24N2O/c1-19-16-4-2-3-13(12-16)14-5-6-15(11-14)18-9-7-17-8-10-18/h2-4,12,14-15,17H,5-11H2,1H3. The Bertz CT molecular complexity index is 415. The fraction of sp³-hybridized carbons (Fsp3) is 0.625. The SMILES string of the molecule is COc1cccc(C2CCC(N3CCNCC3)C2)c1. The van der Waals surface area contributed by atoms with Gasteiger partial charge in [0.25, 0.3) is 0 Å². The van der Waals surface area contributed by atoms with E-state index < -0.39 is 0 Å². The van der Waals surface area contributed by atoms with Crippen LogP contribution >= 0.6 is 0 Å². The van der Waals surface area contributed by atoms with Crippen molar-refractivity contribution in [1.29, 1.82) is 0 Å². The average Bonchev–Trinajstić information content (AvgIpc) is 2.98. The van der Waals surface area contributed by atoms with E-state index in [1.165, 1.54) is 37.9 Å². The summed E-state index contributed by atoms with van der Waals surface area (Å²) in [6.07, 6.45) is 3.98. The van der Waals surface area contributed by atoms with Crippen LogP contribution in [0.2, 0.25) is 0 Å². The van der Waals surface area contributed by atoms with Crippen LogP contribution in [-0.4, -0.2) is 44.2 Å². The highest BCUT2D eigenvalue weighted by molar-refractivity contribution is 5.31. The normalized spacial score (nSPS) is 28.5. The highest BCUT2D eigenvalue weighted by atomic mass is 16.5. The fourth-order valence-electron chi connectivity index (χ4n) is 3.53. The number of piperazine rings is 1. The molecule has 0 amide bonds. The van der Waals surface area contributed by atoms with E-state index in [9.17, 15) is 0 Å². The van der Waals surface area contributed by atoms with Gasteiger partial charge in [-0.2, -0.15) is 0 Å². The van der Waals surface area contributed by atoms with E-state index in [0.717, 1.165) is 30.8 Å². The van der Waals surface area contributed by atoms with E-state index in [4.69, 9.17) is 4.74 Å². The van der Waals surface area contributed by atoms with Crippen molar-refractivity contribution in [2.24, 2.45) is 0 Å². The summed E-state index contributed by atoms with van der Waals surface area (Å²) in [5, 5.41) is 3.44. The second-order valence-corrected chi connectivity index (χ2v) is 5.73. The van der Waals surface area contributed by atoms with Crippen molar-refractivity contribution in [2.75, 3.05) is 33.3 Å². The molecule has 19 heavy (non-hydrogen) atoms. The Hall–Kier alpha value is -1.06. The summed E-state index contributed by atoms with van der Waals surface area (Å²) >= 11 is 0. The monoisotopic (exact) mass is 260 g/mol. The van der Waals surface area contributed by atoms with Crippen LogP contribution in [0.15, 0.2) is 24.3 Å². The molecule has 3 rings (SSSR count). The molecule has 3 nitrogen and oxygen atoms in total. The van der Waals surface area contributed by atoms with E-state index >= 15 is 0 Å². The molecule has 0 spiro atoms. The summed E-state index contributed by atoms with van der Waals surface area (Å²) in [5.41, 5.74) is 1.46.